The van der Waals surface area contributed by atoms with Crippen molar-refractivity contribution in [2.45, 2.75) is 46.2 Å². The molecule has 2 heterocycles. The Morgan fingerprint density at radius 1 is 1.32 bits per heavy atom. The van der Waals surface area contributed by atoms with E-state index in [2.05, 4.69) is 4.98 Å². The number of carbonyl (C=O) groups is 1. The van der Waals surface area contributed by atoms with Crippen LogP contribution in [0.4, 0.5) is 18.9 Å². The van der Waals surface area contributed by atoms with E-state index < -0.39 is 17.7 Å². The van der Waals surface area contributed by atoms with Crippen molar-refractivity contribution in [3.05, 3.63) is 21.7 Å². The normalized spacial score (nSPS) is 18.4. The molecule has 0 saturated carbocycles. The van der Waals surface area contributed by atoms with Gasteiger partial charge in [0.1, 0.15) is 9.71 Å². The molecule has 0 spiro atoms. The molecule has 2 aromatic rings. The van der Waals surface area contributed by atoms with E-state index in [-0.39, 0.29) is 44.1 Å². The summed E-state index contributed by atoms with van der Waals surface area (Å²) in [6.07, 6.45) is -3.13. The van der Waals surface area contributed by atoms with E-state index in [1.54, 1.807) is 0 Å². The minimum absolute atomic E-state index is 0.0511. The fourth-order valence-corrected chi connectivity index (χ4v) is 4.50. The third-order valence-electron chi connectivity index (χ3n) is 4.95. The van der Waals surface area contributed by atoms with Gasteiger partial charge in [0.05, 0.1) is 11.3 Å². The van der Waals surface area contributed by atoms with Crippen LogP contribution in [0.2, 0.25) is 0 Å². The third-order valence-corrected chi connectivity index (χ3v) is 6.03. The molecule has 25 heavy (non-hydrogen) atoms. The molecule has 4 nitrogen and oxygen atoms in total. The largest absolute Gasteiger partial charge is 0.477 e. The Morgan fingerprint density at radius 3 is 2.48 bits per heavy atom. The molecule has 1 atom stereocenters. The predicted octanol–water partition coefficient (Wildman–Crippen LogP) is 4.75. The highest BCUT2D eigenvalue weighted by Gasteiger charge is 2.42. The highest BCUT2D eigenvalue weighted by Crippen LogP contribution is 2.48. The van der Waals surface area contributed by atoms with Crippen molar-refractivity contribution in [3.63, 3.8) is 0 Å². The summed E-state index contributed by atoms with van der Waals surface area (Å²) in [5, 5.41) is 8.93. The number of alkyl halides is 3. The number of hydrogen-bond acceptors (Lipinski definition) is 4. The second-order valence-electron chi connectivity index (χ2n) is 7.55. The maximum Gasteiger partial charge on any atom is 0.417 e. The van der Waals surface area contributed by atoms with Gasteiger partial charge >= 0.3 is 12.1 Å². The Hall–Kier alpha value is -1.83. The monoisotopic (exact) mass is 372 g/mol. The summed E-state index contributed by atoms with van der Waals surface area (Å²) in [5.74, 6) is -1.24. The first-order valence-corrected chi connectivity index (χ1v) is 8.77. The number of nitrogens with zero attached hydrogens (tertiary/aromatic N) is 1. The molecular weight excluding hydrogens is 353 g/mol. The topological polar surface area (TPSA) is 76.2 Å². The van der Waals surface area contributed by atoms with Crippen LogP contribution in [0.1, 0.15) is 53.7 Å². The Bertz CT molecular complexity index is 866. The van der Waals surface area contributed by atoms with Crippen molar-refractivity contribution < 1.29 is 23.1 Å². The van der Waals surface area contributed by atoms with Gasteiger partial charge in [0.2, 0.25) is 0 Å². The molecule has 0 radical (unpaired) electrons. The molecule has 1 aliphatic rings. The number of thiophene rings is 1. The van der Waals surface area contributed by atoms with Crippen LogP contribution in [0, 0.1) is 11.3 Å². The van der Waals surface area contributed by atoms with Crippen molar-refractivity contribution in [2.24, 2.45) is 11.3 Å². The van der Waals surface area contributed by atoms with E-state index in [4.69, 9.17) is 5.73 Å². The maximum atomic E-state index is 13.9. The SMILES string of the molecule is CC(C)(C)C1CCc2nc3sc(C(=O)O)c(N)c3c(C(F)(F)F)c2C1. The Morgan fingerprint density at radius 2 is 1.96 bits per heavy atom. The summed E-state index contributed by atoms with van der Waals surface area (Å²) >= 11 is 0.706. The first kappa shape index (κ1) is 18.0. The summed E-state index contributed by atoms with van der Waals surface area (Å²) in [5.41, 5.74) is 5.10. The zero-order valence-electron chi connectivity index (χ0n) is 14.1. The lowest BCUT2D eigenvalue weighted by molar-refractivity contribution is -0.137. The molecule has 2 aromatic heterocycles. The van der Waals surface area contributed by atoms with Crippen LogP contribution in [0.5, 0.6) is 0 Å². The minimum Gasteiger partial charge on any atom is -0.477 e. The van der Waals surface area contributed by atoms with E-state index in [0.29, 0.717) is 23.5 Å². The third kappa shape index (κ3) is 2.96. The summed E-state index contributed by atoms with van der Waals surface area (Å²) in [7, 11) is 0. The summed E-state index contributed by atoms with van der Waals surface area (Å²) in [6.45, 7) is 6.05. The second-order valence-corrected chi connectivity index (χ2v) is 8.54. The van der Waals surface area contributed by atoms with Crippen molar-refractivity contribution in [2.75, 3.05) is 5.73 Å². The summed E-state index contributed by atoms with van der Waals surface area (Å²) in [4.78, 5) is 15.4. The van der Waals surface area contributed by atoms with Crippen molar-refractivity contribution in [1.29, 1.82) is 0 Å². The minimum atomic E-state index is -4.62. The predicted molar refractivity (Wildman–Crippen MR) is 91.0 cm³/mol. The molecule has 0 aliphatic heterocycles. The summed E-state index contributed by atoms with van der Waals surface area (Å²) in [6, 6.07) is 0. The zero-order chi connectivity index (χ0) is 18.7. The standard InChI is InChI=1S/C17H19F3N2O2S/c1-16(2,3)7-4-5-9-8(6-7)11(17(18,19)20)10-12(21)13(15(23)24)25-14(10)22-9/h7H,4-6,21H2,1-3H3,(H,23,24). The molecule has 0 saturated heterocycles. The molecule has 1 unspecified atom stereocenters. The number of aromatic nitrogens is 1. The fourth-order valence-electron chi connectivity index (χ4n) is 3.53. The number of nitrogens with two attached hydrogens (primary N) is 1. The number of carboxylic acids is 1. The number of hydrogen-bond donors (Lipinski definition) is 2. The molecule has 0 amide bonds. The fraction of sp³-hybridized carbons (Fsp3) is 0.529. The van der Waals surface area contributed by atoms with Gasteiger partial charge in [-0.1, -0.05) is 20.8 Å². The first-order chi connectivity index (χ1) is 11.4. The number of carboxylic acid groups (broad SMARTS) is 1. The van der Waals surface area contributed by atoms with Crippen molar-refractivity contribution in [1.82, 2.24) is 4.98 Å². The van der Waals surface area contributed by atoms with Gasteiger partial charge in [-0.15, -0.1) is 11.3 Å². The van der Waals surface area contributed by atoms with Gasteiger partial charge in [0.25, 0.3) is 0 Å². The lowest BCUT2D eigenvalue weighted by Gasteiger charge is -2.35. The van der Waals surface area contributed by atoms with E-state index in [9.17, 15) is 23.1 Å². The molecule has 3 N–H and O–H groups in total. The van der Waals surface area contributed by atoms with Gasteiger partial charge in [0, 0.05) is 11.1 Å². The molecule has 0 aromatic carbocycles. The average Bonchev–Trinajstić information content (AvgIpc) is 2.79. The molecule has 0 bridgehead atoms. The van der Waals surface area contributed by atoms with Crippen LogP contribution in [0.3, 0.4) is 0 Å². The molecule has 1 aliphatic carbocycles. The highest BCUT2D eigenvalue weighted by atomic mass is 32.1. The number of rotatable bonds is 1. The van der Waals surface area contributed by atoms with E-state index in [1.807, 2.05) is 20.8 Å². The second kappa shape index (κ2) is 5.59. The van der Waals surface area contributed by atoms with Crippen LogP contribution in [0.25, 0.3) is 10.2 Å². The molecule has 136 valence electrons. The molecular formula is C17H19F3N2O2S. The number of pyridine rings is 1. The van der Waals surface area contributed by atoms with Crippen LogP contribution >= 0.6 is 11.3 Å². The van der Waals surface area contributed by atoms with E-state index >= 15 is 0 Å². The van der Waals surface area contributed by atoms with Crippen LogP contribution < -0.4 is 5.73 Å². The molecule has 3 rings (SSSR count). The van der Waals surface area contributed by atoms with Gasteiger partial charge in [-0.25, -0.2) is 9.78 Å². The lowest BCUT2D eigenvalue weighted by atomic mass is 9.70. The van der Waals surface area contributed by atoms with Crippen molar-refractivity contribution >= 4 is 33.2 Å². The van der Waals surface area contributed by atoms with Gasteiger partial charge in [-0.3, -0.25) is 0 Å². The van der Waals surface area contributed by atoms with E-state index in [0.717, 1.165) is 6.42 Å². The Balaban J connectivity index is 2.33. The quantitative estimate of drug-likeness (QED) is 0.758. The van der Waals surface area contributed by atoms with Crippen LogP contribution in [0.15, 0.2) is 0 Å². The number of aryl methyl sites for hydroxylation is 1. The van der Waals surface area contributed by atoms with Gasteiger partial charge in [0.15, 0.2) is 0 Å². The number of nitrogen functional groups attached to an aromatic ring is 1. The summed E-state index contributed by atoms with van der Waals surface area (Å²) < 4.78 is 41.7. The molecule has 0 fully saturated rings. The highest BCUT2D eigenvalue weighted by molar-refractivity contribution is 7.21. The van der Waals surface area contributed by atoms with Crippen LogP contribution in [-0.4, -0.2) is 16.1 Å². The van der Waals surface area contributed by atoms with Gasteiger partial charge in [-0.05, 0) is 36.2 Å². The van der Waals surface area contributed by atoms with Gasteiger partial charge < -0.3 is 10.8 Å². The average molecular weight is 372 g/mol. The van der Waals surface area contributed by atoms with Crippen LogP contribution in [-0.2, 0) is 19.0 Å². The smallest absolute Gasteiger partial charge is 0.417 e. The lowest BCUT2D eigenvalue weighted by Crippen LogP contribution is -2.29. The molecule has 8 heteroatoms. The zero-order valence-corrected chi connectivity index (χ0v) is 14.9. The number of fused-ring (bicyclic) bond motifs is 2. The number of halogens is 3. The number of anilines is 1. The van der Waals surface area contributed by atoms with E-state index in [1.165, 1.54) is 0 Å². The maximum absolute atomic E-state index is 13.9. The first-order valence-electron chi connectivity index (χ1n) is 7.95. The Kier molecular flexibility index (Phi) is 4.02. The van der Waals surface area contributed by atoms with Gasteiger partial charge in [-0.2, -0.15) is 13.2 Å². The van der Waals surface area contributed by atoms with Crippen molar-refractivity contribution in [3.8, 4) is 0 Å². The Labute approximate surface area is 146 Å². The number of aromatic carboxylic acids is 1.